The summed E-state index contributed by atoms with van der Waals surface area (Å²) in [5.74, 6) is -0.0829. The van der Waals surface area contributed by atoms with Gasteiger partial charge < -0.3 is 4.74 Å². The first-order valence-corrected chi connectivity index (χ1v) is 8.97. The van der Waals surface area contributed by atoms with Crippen LogP contribution in [0.3, 0.4) is 0 Å². The Labute approximate surface area is 162 Å². The van der Waals surface area contributed by atoms with Crippen molar-refractivity contribution in [1.82, 2.24) is 15.2 Å². The summed E-state index contributed by atoms with van der Waals surface area (Å²) < 4.78 is 5.42. The lowest BCUT2D eigenvalue weighted by Gasteiger charge is -2.14. The predicted octanol–water partition coefficient (Wildman–Crippen LogP) is 4.31. The van der Waals surface area contributed by atoms with Crippen LogP contribution >= 0.6 is 0 Å². The van der Waals surface area contributed by atoms with Gasteiger partial charge in [0.25, 0.3) is 0 Å². The number of ether oxygens (including phenoxy) is 1. The van der Waals surface area contributed by atoms with Crippen LogP contribution in [0.1, 0.15) is 24.0 Å². The smallest absolute Gasteiger partial charge is 0.432 e. The number of allylic oxidation sites excluding steroid dienone is 4. The van der Waals surface area contributed by atoms with Crippen molar-refractivity contribution in [2.24, 2.45) is 0 Å². The molecule has 2 aromatic carbocycles. The van der Waals surface area contributed by atoms with Gasteiger partial charge in [-0.15, -0.1) is 5.10 Å². The van der Waals surface area contributed by atoms with Gasteiger partial charge in [0, 0.05) is 5.92 Å². The molecule has 0 saturated carbocycles. The molecule has 6 heteroatoms. The Balaban J connectivity index is 1.52. The lowest BCUT2D eigenvalue weighted by molar-refractivity contribution is 0.0379. The van der Waals surface area contributed by atoms with E-state index in [0.29, 0.717) is 11.0 Å². The molecule has 1 heterocycles. The standard InChI is InChI=1S/C22H19N3O3/c1-3-9-16-15(4-2)17-10-5-6-11-18(17)19(16)14-27-22(26)28-25-21-13-8-7-12-20(21)23-24-25/h3-13,19H,1,14H2,2H3/b15-4+,16-9?. The summed E-state index contributed by atoms with van der Waals surface area (Å²) in [5, 5.41) is 7.78. The molecule has 1 aliphatic rings. The Morgan fingerprint density at radius 2 is 2.00 bits per heavy atom. The zero-order chi connectivity index (χ0) is 19.5. The highest BCUT2D eigenvalue weighted by molar-refractivity contribution is 5.88. The fourth-order valence-electron chi connectivity index (χ4n) is 3.55. The lowest BCUT2D eigenvalue weighted by Crippen LogP contribution is -2.23. The summed E-state index contributed by atoms with van der Waals surface area (Å²) in [6.45, 7) is 5.96. The number of nitrogens with zero attached hydrogens (tertiary/aromatic N) is 3. The summed E-state index contributed by atoms with van der Waals surface area (Å²) in [7, 11) is 0. The predicted molar refractivity (Wildman–Crippen MR) is 107 cm³/mol. The van der Waals surface area contributed by atoms with E-state index in [0.717, 1.165) is 27.1 Å². The fourth-order valence-corrected chi connectivity index (χ4v) is 3.55. The molecule has 0 aliphatic heterocycles. The first kappa shape index (κ1) is 17.7. The van der Waals surface area contributed by atoms with Crippen molar-refractivity contribution < 1.29 is 14.4 Å². The van der Waals surface area contributed by atoms with Crippen molar-refractivity contribution in [2.45, 2.75) is 12.8 Å². The number of carbonyl (C=O) groups is 1. The molecule has 140 valence electrons. The monoisotopic (exact) mass is 373 g/mol. The number of carbonyl (C=O) groups excluding carboxylic acids is 1. The Hall–Kier alpha value is -3.67. The molecule has 1 unspecified atom stereocenters. The third-order valence-corrected chi connectivity index (χ3v) is 4.75. The molecule has 0 bridgehead atoms. The molecule has 0 saturated heterocycles. The van der Waals surface area contributed by atoms with Crippen LogP contribution in [0.2, 0.25) is 0 Å². The van der Waals surface area contributed by atoms with Crippen molar-refractivity contribution in [2.75, 3.05) is 6.61 Å². The summed E-state index contributed by atoms with van der Waals surface area (Å²) >= 11 is 0. The normalized spacial score (nSPS) is 18.4. The van der Waals surface area contributed by atoms with Crippen LogP contribution in [0, 0.1) is 0 Å². The van der Waals surface area contributed by atoms with E-state index in [1.165, 1.54) is 0 Å². The van der Waals surface area contributed by atoms with Gasteiger partial charge >= 0.3 is 6.16 Å². The van der Waals surface area contributed by atoms with E-state index in [4.69, 9.17) is 9.57 Å². The first-order valence-electron chi connectivity index (χ1n) is 8.97. The van der Waals surface area contributed by atoms with Crippen molar-refractivity contribution >= 4 is 22.8 Å². The Morgan fingerprint density at radius 1 is 1.21 bits per heavy atom. The second-order valence-corrected chi connectivity index (χ2v) is 6.30. The number of fused-ring (bicyclic) bond motifs is 2. The van der Waals surface area contributed by atoms with E-state index in [1.807, 2.05) is 43.3 Å². The maximum atomic E-state index is 12.3. The maximum absolute atomic E-state index is 12.3. The number of benzene rings is 2. The average molecular weight is 373 g/mol. The number of rotatable bonds is 4. The summed E-state index contributed by atoms with van der Waals surface area (Å²) in [6.07, 6.45) is 4.94. The molecule has 0 fully saturated rings. The molecule has 0 radical (unpaired) electrons. The van der Waals surface area contributed by atoms with Crippen molar-refractivity contribution in [1.29, 1.82) is 0 Å². The zero-order valence-electron chi connectivity index (χ0n) is 15.4. The molecule has 6 nitrogen and oxygen atoms in total. The Morgan fingerprint density at radius 3 is 2.82 bits per heavy atom. The third kappa shape index (κ3) is 3.09. The molecule has 4 rings (SSSR count). The summed E-state index contributed by atoms with van der Waals surface area (Å²) in [6, 6.07) is 15.3. The van der Waals surface area contributed by atoms with Gasteiger partial charge in [-0.3, -0.25) is 4.84 Å². The number of para-hydroxylation sites is 1. The van der Waals surface area contributed by atoms with Gasteiger partial charge in [-0.05, 0) is 46.5 Å². The molecule has 28 heavy (non-hydrogen) atoms. The molecular weight excluding hydrogens is 354 g/mol. The molecule has 1 aliphatic carbocycles. The Kier molecular flexibility index (Phi) is 4.76. The highest BCUT2D eigenvalue weighted by Crippen LogP contribution is 2.45. The lowest BCUT2D eigenvalue weighted by atomic mass is 9.97. The summed E-state index contributed by atoms with van der Waals surface area (Å²) in [4.78, 5) is 18.5. The highest BCUT2D eigenvalue weighted by atomic mass is 16.8. The van der Waals surface area contributed by atoms with Gasteiger partial charge in [0.1, 0.15) is 17.6 Å². The van der Waals surface area contributed by atoms with Crippen LogP contribution in [0.15, 0.2) is 78.9 Å². The van der Waals surface area contributed by atoms with E-state index in [9.17, 15) is 4.79 Å². The van der Waals surface area contributed by atoms with Crippen molar-refractivity contribution in [3.63, 3.8) is 0 Å². The van der Waals surface area contributed by atoms with Crippen molar-refractivity contribution in [3.05, 3.63) is 90.0 Å². The van der Waals surface area contributed by atoms with Crippen molar-refractivity contribution in [3.8, 4) is 0 Å². The minimum Gasteiger partial charge on any atom is -0.432 e. The highest BCUT2D eigenvalue weighted by Gasteiger charge is 2.31. The van der Waals surface area contributed by atoms with E-state index in [2.05, 4.69) is 29.0 Å². The molecule has 0 N–H and O–H groups in total. The molecular formula is C22H19N3O3. The van der Waals surface area contributed by atoms with E-state index in [-0.39, 0.29) is 12.5 Å². The minimum absolute atomic E-state index is 0.0829. The van der Waals surface area contributed by atoms with Gasteiger partial charge in [-0.2, -0.15) is 0 Å². The quantitative estimate of drug-likeness (QED) is 0.504. The zero-order valence-corrected chi connectivity index (χ0v) is 15.4. The minimum atomic E-state index is -0.833. The van der Waals surface area contributed by atoms with Crippen LogP contribution in [0.25, 0.3) is 16.6 Å². The number of hydrogen-bond acceptors (Lipinski definition) is 5. The maximum Gasteiger partial charge on any atom is 0.535 e. The van der Waals surface area contributed by atoms with E-state index < -0.39 is 6.16 Å². The number of aromatic nitrogens is 3. The summed E-state index contributed by atoms with van der Waals surface area (Å²) in [5.41, 5.74) is 5.67. The van der Waals surface area contributed by atoms with Gasteiger partial charge in [0.05, 0.1) is 0 Å². The van der Waals surface area contributed by atoms with Crippen LogP contribution < -0.4 is 4.84 Å². The fraction of sp³-hybridized carbons (Fsp3) is 0.136. The topological polar surface area (TPSA) is 66.2 Å². The third-order valence-electron chi connectivity index (χ3n) is 4.75. The van der Waals surface area contributed by atoms with Gasteiger partial charge in [0.15, 0.2) is 0 Å². The van der Waals surface area contributed by atoms with Crippen LogP contribution in [0.4, 0.5) is 4.79 Å². The van der Waals surface area contributed by atoms with Crippen LogP contribution in [-0.4, -0.2) is 27.9 Å². The van der Waals surface area contributed by atoms with Gasteiger partial charge in [0.2, 0.25) is 0 Å². The number of hydrogen-bond donors (Lipinski definition) is 0. The average Bonchev–Trinajstić information content (AvgIpc) is 3.25. The van der Waals surface area contributed by atoms with Crippen LogP contribution in [-0.2, 0) is 4.74 Å². The van der Waals surface area contributed by atoms with E-state index >= 15 is 0 Å². The molecule has 0 amide bonds. The largest absolute Gasteiger partial charge is 0.535 e. The van der Waals surface area contributed by atoms with Gasteiger partial charge in [-0.25, -0.2) is 4.79 Å². The first-order chi connectivity index (χ1) is 13.7. The Bertz CT molecular complexity index is 1110. The van der Waals surface area contributed by atoms with E-state index in [1.54, 1.807) is 18.2 Å². The second kappa shape index (κ2) is 7.52. The molecule has 1 atom stereocenters. The molecule has 0 spiro atoms. The van der Waals surface area contributed by atoms with Crippen LogP contribution in [0.5, 0.6) is 0 Å². The molecule has 3 aromatic rings. The molecule has 1 aromatic heterocycles. The van der Waals surface area contributed by atoms with Gasteiger partial charge in [-0.1, -0.05) is 66.1 Å². The second-order valence-electron chi connectivity index (χ2n) is 6.30. The SMILES string of the molecule is C=CC=C1/C(=C\C)c2ccccc2C1COC(=O)On1nnc2ccccc21.